The summed E-state index contributed by atoms with van der Waals surface area (Å²) in [6, 6.07) is 0.0787. The highest BCUT2D eigenvalue weighted by Crippen LogP contribution is 2.20. The minimum atomic E-state index is -0.286. The molecule has 0 unspecified atom stereocenters. The van der Waals surface area contributed by atoms with Gasteiger partial charge in [-0.05, 0) is 26.7 Å². The molecule has 1 heterocycles. The van der Waals surface area contributed by atoms with Gasteiger partial charge in [0.1, 0.15) is 11.6 Å². The summed E-state index contributed by atoms with van der Waals surface area (Å²) in [5, 5.41) is 13.0. The molecule has 2 N–H and O–H groups in total. The number of aromatic nitrogens is 3. The highest BCUT2D eigenvalue weighted by molar-refractivity contribution is 5.26. The Hall–Kier alpha value is -1.23. The topological polar surface area (TPSA) is 70.9 Å². The van der Waals surface area contributed by atoms with E-state index in [1.54, 1.807) is 0 Å². The summed E-state index contributed by atoms with van der Waals surface area (Å²) < 4.78 is 0. The molecule has 1 aliphatic carbocycles. The molecule has 0 bridgehead atoms. The molecule has 88 valence electrons. The van der Waals surface area contributed by atoms with Gasteiger partial charge < -0.3 is 10.4 Å². The Labute approximate surface area is 95.3 Å². The third kappa shape index (κ3) is 2.66. The van der Waals surface area contributed by atoms with Crippen LogP contribution in [-0.4, -0.2) is 32.2 Å². The van der Waals surface area contributed by atoms with Crippen LogP contribution in [0.5, 0.6) is 0 Å². The van der Waals surface area contributed by atoms with E-state index < -0.39 is 0 Å². The van der Waals surface area contributed by atoms with E-state index >= 15 is 0 Å². The number of nitrogens with one attached hydrogen (secondary N) is 1. The molecule has 5 heteroatoms. The number of aliphatic hydroxyl groups is 1. The van der Waals surface area contributed by atoms with Crippen LogP contribution in [0, 0.1) is 13.8 Å². The molecule has 16 heavy (non-hydrogen) atoms. The highest BCUT2D eigenvalue weighted by atomic mass is 16.3. The Kier molecular flexibility index (Phi) is 3.33. The molecule has 2 rings (SSSR count). The van der Waals surface area contributed by atoms with Crippen molar-refractivity contribution in [3.63, 3.8) is 0 Å². The number of hydrogen-bond donors (Lipinski definition) is 2. The summed E-state index contributed by atoms with van der Waals surface area (Å²) in [5.41, 5.74) is 0. The molecule has 0 spiro atoms. The maximum absolute atomic E-state index is 9.84. The normalized spacial score (nSPS) is 25.4. The van der Waals surface area contributed by atoms with Gasteiger partial charge in [0, 0.05) is 0 Å². The zero-order chi connectivity index (χ0) is 11.5. The molecule has 2 atom stereocenters. The number of aliphatic hydroxyl groups excluding tert-OH is 1. The highest BCUT2D eigenvalue weighted by Gasteiger charge is 2.23. The summed E-state index contributed by atoms with van der Waals surface area (Å²) in [4.78, 5) is 12.6. The zero-order valence-electron chi connectivity index (χ0n) is 9.77. The summed E-state index contributed by atoms with van der Waals surface area (Å²) >= 11 is 0. The second-order valence-corrected chi connectivity index (χ2v) is 4.36. The van der Waals surface area contributed by atoms with E-state index in [-0.39, 0.29) is 12.1 Å². The molecule has 1 aromatic rings. The van der Waals surface area contributed by atoms with Gasteiger partial charge in [-0.3, -0.25) is 0 Å². The van der Waals surface area contributed by atoms with Crippen LogP contribution in [0.25, 0.3) is 0 Å². The summed E-state index contributed by atoms with van der Waals surface area (Å²) in [5.74, 6) is 2.00. The van der Waals surface area contributed by atoms with Crippen LogP contribution in [0.15, 0.2) is 0 Å². The van der Waals surface area contributed by atoms with Crippen molar-refractivity contribution in [2.75, 3.05) is 5.32 Å². The Morgan fingerprint density at radius 2 is 1.69 bits per heavy atom. The predicted octanol–water partition coefficient (Wildman–Crippen LogP) is 1.20. The molecule has 0 saturated heterocycles. The van der Waals surface area contributed by atoms with E-state index in [9.17, 15) is 5.11 Å². The van der Waals surface area contributed by atoms with Crippen LogP contribution in [-0.2, 0) is 0 Å². The average Bonchev–Trinajstić information content (AvgIpc) is 2.20. The van der Waals surface area contributed by atoms with Crippen LogP contribution in [0.1, 0.15) is 37.3 Å². The van der Waals surface area contributed by atoms with Gasteiger partial charge in [-0.15, -0.1) is 0 Å². The zero-order valence-corrected chi connectivity index (χ0v) is 9.77. The van der Waals surface area contributed by atoms with E-state index in [0.717, 1.165) is 25.7 Å². The fourth-order valence-electron chi connectivity index (χ4n) is 2.13. The molecule has 1 fully saturated rings. The SMILES string of the molecule is Cc1nc(C)nc(N[C@@H]2CCCC[C@@H]2O)n1. The Morgan fingerprint density at radius 3 is 2.31 bits per heavy atom. The maximum atomic E-state index is 9.84. The second kappa shape index (κ2) is 4.74. The van der Waals surface area contributed by atoms with Crippen molar-refractivity contribution >= 4 is 5.95 Å². The van der Waals surface area contributed by atoms with Gasteiger partial charge in [0.2, 0.25) is 5.95 Å². The van der Waals surface area contributed by atoms with Crippen molar-refractivity contribution in [2.24, 2.45) is 0 Å². The van der Waals surface area contributed by atoms with Crippen molar-refractivity contribution < 1.29 is 5.11 Å². The number of aryl methyl sites for hydroxylation is 2. The van der Waals surface area contributed by atoms with Gasteiger partial charge in [-0.1, -0.05) is 12.8 Å². The van der Waals surface area contributed by atoms with Gasteiger partial charge in [0.15, 0.2) is 0 Å². The molecule has 1 aromatic heterocycles. The third-order valence-electron chi connectivity index (χ3n) is 2.90. The van der Waals surface area contributed by atoms with E-state index in [0.29, 0.717) is 17.6 Å². The van der Waals surface area contributed by atoms with Crippen LogP contribution in [0.4, 0.5) is 5.95 Å². The molecular formula is C11H18N4O. The smallest absolute Gasteiger partial charge is 0.226 e. The lowest BCUT2D eigenvalue weighted by atomic mass is 9.93. The van der Waals surface area contributed by atoms with Gasteiger partial charge in [0.05, 0.1) is 12.1 Å². The van der Waals surface area contributed by atoms with Gasteiger partial charge >= 0.3 is 0 Å². The molecule has 0 aromatic carbocycles. The summed E-state index contributed by atoms with van der Waals surface area (Å²) in [7, 11) is 0. The average molecular weight is 222 g/mol. The molecule has 1 saturated carbocycles. The molecule has 5 nitrogen and oxygen atoms in total. The van der Waals surface area contributed by atoms with E-state index in [2.05, 4.69) is 20.3 Å². The van der Waals surface area contributed by atoms with Crippen LogP contribution in [0.2, 0.25) is 0 Å². The minimum absolute atomic E-state index is 0.0787. The minimum Gasteiger partial charge on any atom is -0.391 e. The monoisotopic (exact) mass is 222 g/mol. The first-order valence-electron chi connectivity index (χ1n) is 5.79. The lowest BCUT2D eigenvalue weighted by Gasteiger charge is -2.28. The van der Waals surface area contributed by atoms with E-state index in [4.69, 9.17) is 0 Å². The number of anilines is 1. The molecule has 0 aliphatic heterocycles. The van der Waals surface area contributed by atoms with Crippen LogP contribution < -0.4 is 5.32 Å². The van der Waals surface area contributed by atoms with Crippen molar-refractivity contribution in [3.8, 4) is 0 Å². The number of rotatable bonds is 2. The van der Waals surface area contributed by atoms with Crippen molar-refractivity contribution in [1.82, 2.24) is 15.0 Å². The van der Waals surface area contributed by atoms with Crippen molar-refractivity contribution in [3.05, 3.63) is 11.6 Å². The maximum Gasteiger partial charge on any atom is 0.226 e. The Bertz CT molecular complexity index is 349. The first-order chi connectivity index (χ1) is 7.65. The lowest BCUT2D eigenvalue weighted by Crippen LogP contribution is -2.37. The van der Waals surface area contributed by atoms with Gasteiger partial charge in [-0.25, -0.2) is 4.98 Å². The fraction of sp³-hybridized carbons (Fsp3) is 0.727. The van der Waals surface area contributed by atoms with Gasteiger partial charge in [-0.2, -0.15) is 9.97 Å². The number of nitrogens with zero attached hydrogens (tertiary/aromatic N) is 3. The van der Waals surface area contributed by atoms with E-state index in [1.807, 2.05) is 13.8 Å². The quantitative estimate of drug-likeness (QED) is 0.787. The molecular weight excluding hydrogens is 204 g/mol. The van der Waals surface area contributed by atoms with Crippen molar-refractivity contribution in [2.45, 2.75) is 51.7 Å². The predicted molar refractivity (Wildman–Crippen MR) is 61.2 cm³/mol. The second-order valence-electron chi connectivity index (χ2n) is 4.36. The fourth-order valence-corrected chi connectivity index (χ4v) is 2.13. The third-order valence-corrected chi connectivity index (χ3v) is 2.90. The first kappa shape index (κ1) is 11.3. The molecule has 0 radical (unpaired) electrons. The van der Waals surface area contributed by atoms with Crippen molar-refractivity contribution in [1.29, 1.82) is 0 Å². The molecule has 1 aliphatic rings. The number of hydrogen-bond acceptors (Lipinski definition) is 5. The van der Waals surface area contributed by atoms with Crippen LogP contribution in [0.3, 0.4) is 0 Å². The summed E-state index contributed by atoms with van der Waals surface area (Å²) in [6.07, 6.45) is 3.81. The largest absolute Gasteiger partial charge is 0.391 e. The molecule has 0 amide bonds. The Balaban J connectivity index is 2.07. The standard InChI is InChI=1S/C11H18N4O/c1-7-12-8(2)14-11(13-7)15-9-5-3-4-6-10(9)16/h9-10,16H,3-6H2,1-2H3,(H,12,13,14,15)/t9-,10+/m1/s1. The first-order valence-corrected chi connectivity index (χ1v) is 5.79. The van der Waals surface area contributed by atoms with E-state index in [1.165, 1.54) is 0 Å². The summed E-state index contributed by atoms with van der Waals surface area (Å²) in [6.45, 7) is 3.69. The lowest BCUT2D eigenvalue weighted by molar-refractivity contribution is 0.116. The Morgan fingerprint density at radius 1 is 1.06 bits per heavy atom. The van der Waals surface area contributed by atoms with Crippen LogP contribution >= 0.6 is 0 Å². The van der Waals surface area contributed by atoms with Gasteiger partial charge in [0.25, 0.3) is 0 Å².